The number of ether oxygens (including phenoxy) is 1. The molecule has 0 aromatic heterocycles. The Bertz CT molecular complexity index is 1080. The van der Waals surface area contributed by atoms with Crippen molar-refractivity contribution >= 4 is 28.6 Å². The maximum atomic E-state index is 13.1. The average Bonchev–Trinajstić information content (AvgIpc) is 2.75. The van der Waals surface area contributed by atoms with Crippen LogP contribution in [0.4, 0.5) is 4.39 Å². The predicted molar refractivity (Wildman–Crippen MR) is 110 cm³/mol. The number of amides is 2. The van der Waals surface area contributed by atoms with E-state index in [-0.39, 0.29) is 11.6 Å². The lowest BCUT2D eigenvalue weighted by Gasteiger charge is -2.16. The van der Waals surface area contributed by atoms with Crippen LogP contribution in [0.1, 0.15) is 28.9 Å². The van der Waals surface area contributed by atoms with Crippen LogP contribution in [0.2, 0.25) is 0 Å². The molecule has 1 atom stereocenters. The minimum atomic E-state index is -0.771. The van der Waals surface area contributed by atoms with Crippen LogP contribution in [0, 0.1) is 5.82 Å². The number of hydrogen-bond acceptors (Lipinski definition) is 4. The van der Waals surface area contributed by atoms with Gasteiger partial charge >= 0.3 is 5.97 Å². The summed E-state index contributed by atoms with van der Waals surface area (Å²) < 4.78 is 18.0. The van der Waals surface area contributed by atoms with E-state index in [4.69, 9.17) is 4.74 Å². The van der Waals surface area contributed by atoms with Gasteiger partial charge in [0.25, 0.3) is 11.8 Å². The van der Waals surface area contributed by atoms with E-state index < -0.39 is 36.8 Å². The van der Waals surface area contributed by atoms with Crippen molar-refractivity contribution in [3.8, 4) is 0 Å². The second-order valence-corrected chi connectivity index (χ2v) is 6.71. The molecule has 154 valence electrons. The molecule has 3 aromatic carbocycles. The average molecular weight is 408 g/mol. The first-order chi connectivity index (χ1) is 14.4. The summed E-state index contributed by atoms with van der Waals surface area (Å²) in [6, 6.07) is 18.5. The normalized spacial score (nSPS) is 11.5. The Morgan fingerprint density at radius 2 is 1.73 bits per heavy atom. The van der Waals surface area contributed by atoms with E-state index in [1.165, 1.54) is 18.2 Å². The van der Waals surface area contributed by atoms with Crippen molar-refractivity contribution in [2.24, 2.45) is 0 Å². The van der Waals surface area contributed by atoms with Gasteiger partial charge in [-0.3, -0.25) is 14.4 Å². The molecular formula is C23H21FN2O4. The molecule has 0 radical (unpaired) electrons. The van der Waals surface area contributed by atoms with Crippen LogP contribution in [0.3, 0.4) is 0 Å². The summed E-state index contributed by atoms with van der Waals surface area (Å²) in [5.41, 5.74) is 1.04. The van der Waals surface area contributed by atoms with E-state index in [0.717, 1.165) is 22.4 Å². The fraction of sp³-hybridized carbons (Fsp3) is 0.174. The van der Waals surface area contributed by atoms with E-state index in [1.807, 2.05) is 49.4 Å². The number of benzene rings is 3. The molecule has 6 nitrogen and oxygen atoms in total. The van der Waals surface area contributed by atoms with Gasteiger partial charge in [0.15, 0.2) is 6.61 Å². The third kappa shape index (κ3) is 5.41. The Hall–Kier alpha value is -3.74. The van der Waals surface area contributed by atoms with Crippen molar-refractivity contribution in [3.05, 3.63) is 83.7 Å². The van der Waals surface area contributed by atoms with Crippen LogP contribution in [-0.2, 0) is 14.3 Å². The van der Waals surface area contributed by atoms with Crippen molar-refractivity contribution in [2.45, 2.75) is 13.0 Å². The van der Waals surface area contributed by atoms with Crippen LogP contribution in [0.15, 0.2) is 66.7 Å². The summed E-state index contributed by atoms with van der Waals surface area (Å²) in [7, 11) is 0. The quantitative estimate of drug-likeness (QED) is 0.589. The summed E-state index contributed by atoms with van der Waals surface area (Å²) in [4.78, 5) is 35.8. The Morgan fingerprint density at radius 1 is 1.00 bits per heavy atom. The Morgan fingerprint density at radius 3 is 2.53 bits per heavy atom. The summed E-state index contributed by atoms with van der Waals surface area (Å²) in [6.07, 6.45) is 0. The zero-order valence-corrected chi connectivity index (χ0v) is 16.4. The van der Waals surface area contributed by atoms with E-state index in [2.05, 4.69) is 10.6 Å². The van der Waals surface area contributed by atoms with Gasteiger partial charge in [0.1, 0.15) is 12.4 Å². The molecule has 2 amide bonds. The van der Waals surface area contributed by atoms with Crippen LogP contribution in [0.5, 0.6) is 0 Å². The maximum Gasteiger partial charge on any atom is 0.325 e. The number of rotatable bonds is 7. The third-order valence-corrected chi connectivity index (χ3v) is 4.51. The number of carbonyl (C=O) groups is 3. The van der Waals surface area contributed by atoms with Crippen LogP contribution >= 0.6 is 0 Å². The first-order valence-corrected chi connectivity index (χ1v) is 9.40. The first-order valence-electron chi connectivity index (χ1n) is 9.40. The van der Waals surface area contributed by atoms with E-state index >= 15 is 0 Å². The summed E-state index contributed by atoms with van der Waals surface area (Å²) in [5.74, 6) is -2.39. The van der Waals surface area contributed by atoms with Gasteiger partial charge in [-0.15, -0.1) is 0 Å². The van der Waals surface area contributed by atoms with Crippen LogP contribution in [-0.4, -0.2) is 30.9 Å². The van der Waals surface area contributed by atoms with Gasteiger partial charge in [-0.25, -0.2) is 4.39 Å². The summed E-state index contributed by atoms with van der Waals surface area (Å²) in [6.45, 7) is 0.950. The Balaban J connectivity index is 1.47. The summed E-state index contributed by atoms with van der Waals surface area (Å²) >= 11 is 0. The molecule has 30 heavy (non-hydrogen) atoms. The van der Waals surface area contributed by atoms with Gasteiger partial charge in [-0.05, 0) is 41.5 Å². The lowest BCUT2D eigenvalue weighted by Crippen LogP contribution is -2.34. The second-order valence-electron chi connectivity index (χ2n) is 6.71. The monoisotopic (exact) mass is 408 g/mol. The largest absolute Gasteiger partial charge is 0.454 e. The van der Waals surface area contributed by atoms with Gasteiger partial charge in [-0.1, -0.05) is 48.5 Å². The molecule has 2 N–H and O–H groups in total. The minimum absolute atomic E-state index is 0.0875. The van der Waals surface area contributed by atoms with Crippen molar-refractivity contribution in [3.63, 3.8) is 0 Å². The van der Waals surface area contributed by atoms with E-state index in [0.29, 0.717) is 0 Å². The SMILES string of the molecule is C[C@H](NC(=O)COC(=O)CNC(=O)c1cccc(F)c1)c1cccc2ccccc12. The number of nitrogens with one attached hydrogen (secondary N) is 2. The highest BCUT2D eigenvalue weighted by Crippen LogP contribution is 2.23. The molecule has 0 unspecified atom stereocenters. The molecule has 0 saturated carbocycles. The number of halogens is 1. The molecule has 0 saturated heterocycles. The second kappa shape index (κ2) is 9.65. The predicted octanol–water partition coefficient (Wildman–Crippen LogP) is 3.13. The Labute approximate surface area is 173 Å². The molecule has 0 aliphatic carbocycles. The summed E-state index contributed by atoms with van der Waals surface area (Å²) in [5, 5.41) is 7.22. The van der Waals surface area contributed by atoms with Crippen molar-refractivity contribution < 1.29 is 23.5 Å². The number of esters is 1. The van der Waals surface area contributed by atoms with Crippen molar-refractivity contribution in [2.75, 3.05) is 13.2 Å². The smallest absolute Gasteiger partial charge is 0.325 e. The highest BCUT2D eigenvalue weighted by atomic mass is 19.1. The van der Waals surface area contributed by atoms with Gasteiger partial charge in [-0.2, -0.15) is 0 Å². The van der Waals surface area contributed by atoms with Gasteiger partial charge in [0, 0.05) is 5.56 Å². The lowest BCUT2D eigenvalue weighted by molar-refractivity contribution is -0.147. The zero-order valence-electron chi connectivity index (χ0n) is 16.4. The minimum Gasteiger partial charge on any atom is -0.454 e. The third-order valence-electron chi connectivity index (χ3n) is 4.51. The van der Waals surface area contributed by atoms with Crippen LogP contribution < -0.4 is 10.6 Å². The fourth-order valence-corrected chi connectivity index (χ4v) is 3.07. The van der Waals surface area contributed by atoms with Crippen molar-refractivity contribution in [1.82, 2.24) is 10.6 Å². The molecular weight excluding hydrogens is 387 g/mol. The molecule has 0 aliphatic rings. The van der Waals surface area contributed by atoms with Crippen LogP contribution in [0.25, 0.3) is 10.8 Å². The molecule has 0 spiro atoms. The topological polar surface area (TPSA) is 84.5 Å². The Kier molecular flexibility index (Phi) is 6.75. The molecule has 0 aliphatic heterocycles. The number of hydrogen-bond donors (Lipinski definition) is 2. The van der Waals surface area contributed by atoms with Gasteiger partial charge in [0.2, 0.25) is 0 Å². The van der Waals surface area contributed by atoms with Gasteiger partial charge in [0.05, 0.1) is 6.04 Å². The zero-order chi connectivity index (χ0) is 21.5. The van der Waals surface area contributed by atoms with E-state index in [9.17, 15) is 18.8 Å². The van der Waals surface area contributed by atoms with Gasteiger partial charge < -0.3 is 15.4 Å². The first kappa shape index (κ1) is 21.0. The molecule has 3 rings (SSSR count). The van der Waals surface area contributed by atoms with Crippen molar-refractivity contribution in [1.29, 1.82) is 0 Å². The number of carbonyl (C=O) groups excluding carboxylic acids is 3. The molecule has 3 aromatic rings. The van der Waals surface area contributed by atoms with E-state index in [1.54, 1.807) is 0 Å². The lowest BCUT2D eigenvalue weighted by atomic mass is 10.00. The fourth-order valence-electron chi connectivity index (χ4n) is 3.07. The molecule has 0 fully saturated rings. The highest BCUT2D eigenvalue weighted by molar-refractivity contribution is 5.96. The highest BCUT2D eigenvalue weighted by Gasteiger charge is 2.15. The maximum absolute atomic E-state index is 13.1. The molecule has 0 bridgehead atoms. The molecule has 7 heteroatoms. The number of fused-ring (bicyclic) bond motifs is 1. The standard InChI is InChI=1S/C23H21FN2O4/c1-15(19-11-5-7-16-6-2-3-10-20(16)19)26-21(27)14-30-22(28)13-25-23(29)17-8-4-9-18(24)12-17/h2-12,15H,13-14H2,1H3,(H,25,29)(H,26,27)/t15-/m0/s1. The molecule has 0 heterocycles.